The monoisotopic (exact) mass is 517 g/mol. The smallest absolute Gasteiger partial charge is 0.331 e. The second-order valence-electron chi connectivity index (χ2n) is 11.2. The lowest BCUT2D eigenvalue weighted by atomic mass is 9.99. The average molecular weight is 518 g/mol. The van der Waals surface area contributed by atoms with Crippen molar-refractivity contribution in [2.45, 2.75) is 83.8 Å². The number of carbonyl (C=O) groups excluding carboxylic acids is 1. The van der Waals surface area contributed by atoms with Crippen LogP contribution >= 0.6 is 0 Å². The Balaban J connectivity index is 1.75. The number of fused-ring (bicyclic) bond motifs is 2. The Morgan fingerprint density at radius 2 is 1.77 bits per heavy atom. The number of hydrogen-bond acceptors (Lipinski definition) is 6. The van der Waals surface area contributed by atoms with E-state index in [1.807, 2.05) is 13.1 Å². The van der Waals surface area contributed by atoms with Gasteiger partial charge in [0.05, 0.1) is 6.61 Å². The van der Waals surface area contributed by atoms with Crippen molar-refractivity contribution >= 4 is 36.1 Å². The molecule has 0 bridgehead atoms. The Morgan fingerprint density at radius 3 is 2.29 bits per heavy atom. The summed E-state index contributed by atoms with van der Waals surface area (Å²) in [7, 11) is -5.98. The van der Waals surface area contributed by atoms with Crippen LogP contribution in [0.5, 0.6) is 0 Å². The number of nitrogens with zero attached hydrogens (tertiary/aromatic N) is 1. The van der Waals surface area contributed by atoms with Gasteiger partial charge in [0.25, 0.3) is 0 Å². The van der Waals surface area contributed by atoms with Gasteiger partial charge in [-0.25, -0.2) is 13.7 Å². The molecule has 2 aliphatic carbocycles. The first-order valence-electron chi connectivity index (χ1n) is 12.6. The van der Waals surface area contributed by atoms with Crippen LogP contribution in [-0.2, 0) is 40.3 Å². The highest BCUT2D eigenvalue weighted by Crippen LogP contribution is 2.40. The molecule has 1 aromatic rings. The first-order valence-corrected chi connectivity index (χ1v) is 17.1. The maximum absolute atomic E-state index is 14.5. The van der Waals surface area contributed by atoms with Gasteiger partial charge in [-0.2, -0.15) is 0 Å². The van der Waals surface area contributed by atoms with E-state index in [1.54, 1.807) is 0 Å². The lowest BCUT2D eigenvalue weighted by Crippen LogP contribution is -2.43. The predicted molar refractivity (Wildman–Crippen MR) is 145 cm³/mol. The van der Waals surface area contributed by atoms with Crippen molar-refractivity contribution in [1.82, 2.24) is 10.0 Å². The third kappa shape index (κ3) is 5.14. The third-order valence-corrected chi connectivity index (χ3v) is 15.5. The van der Waals surface area contributed by atoms with Crippen LogP contribution in [0.4, 0.5) is 10.5 Å². The number of allylic oxidation sites excluding steroid dienone is 1. The van der Waals surface area contributed by atoms with E-state index in [4.69, 9.17) is 14.2 Å². The summed E-state index contributed by atoms with van der Waals surface area (Å²) in [4.78, 5) is 13.5. The predicted octanol–water partition coefficient (Wildman–Crippen LogP) is 5.00. The summed E-state index contributed by atoms with van der Waals surface area (Å²) >= 11 is 0. The average Bonchev–Trinajstić information content (AvgIpc) is 3.42. The van der Waals surface area contributed by atoms with E-state index < -0.39 is 24.2 Å². The number of rotatable bonds is 5. The standard InChI is InChI=1S/C25H39N5O3SSi/c1-25(2,3)35(4,5)30-34(32,21(16-26)23-27-13-8-14-33-23)29-24(31)28-22-19-11-6-9-17(19)15-18-10-7-12-20(18)22/h15-16,26-27H,6-14H2,1-5H3,(H2,28,29,30,31,32)/b23-21-,26-16?. The van der Waals surface area contributed by atoms with Gasteiger partial charge in [0, 0.05) is 18.4 Å². The van der Waals surface area contributed by atoms with Gasteiger partial charge in [-0.1, -0.05) is 26.8 Å². The molecule has 1 unspecified atom stereocenters. The van der Waals surface area contributed by atoms with Crippen molar-refractivity contribution in [2.75, 3.05) is 18.5 Å². The number of benzene rings is 1. The van der Waals surface area contributed by atoms with Gasteiger partial charge in [0.15, 0.2) is 18.2 Å². The molecule has 4 rings (SSSR count). The van der Waals surface area contributed by atoms with Gasteiger partial charge in [-0.3, -0.25) is 4.03 Å². The fraction of sp³-hybridized carbons (Fsp3) is 0.600. The van der Waals surface area contributed by atoms with Crippen LogP contribution in [-0.4, -0.2) is 37.8 Å². The molecule has 1 aliphatic heterocycles. The first kappa shape index (κ1) is 25.8. The van der Waals surface area contributed by atoms with Gasteiger partial charge >= 0.3 is 6.03 Å². The molecule has 1 heterocycles. The highest BCUT2D eigenvalue weighted by Gasteiger charge is 2.39. The molecule has 0 aromatic heterocycles. The Morgan fingerprint density at radius 1 is 1.14 bits per heavy atom. The molecule has 10 heteroatoms. The van der Waals surface area contributed by atoms with E-state index in [9.17, 15) is 9.00 Å². The molecule has 1 saturated heterocycles. The highest BCUT2D eigenvalue weighted by atomic mass is 32.2. The van der Waals surface area contributed by atoms with Crippen molar-refractivity contribution in [1.29, 1.82) is 5.41 Å². The Bertz CT molecular complexity index is 1150. The number of urea groups is 1. The molecule has 1 atom stereocenters. The van der Waals surface area contributed by atoms with Crippen LogP contribution in [0, 0.1) is 5.41 Å². The topological polar surface area (TPSA) is 116 Å². The minimum absolute atomic E-state index is 0.0840. The lowest BCUT2D eigenvalue weighted by Gasteiger charge is -2.33. The van der Waals surface area contributed by atoms with Crippen LogP contribution in [0.25, 0.3) is 0 Å². The van der Waals surface area contributed by atoms with Gasteiger partial charge < -0.3 is 20.8 Å². The van der Waals surface area contributed by atoms with E-state index in [0.717, 1.165) is 56.8 Å². The summed E-state index contributed by atoms with van der Waals surface area (Å²) in [5.41, 5.74) is 5.92. The van der Waals surface area contributed by atoms with Crippen LogP contribution in [0.3, 0.4) is 0 Å². The molecule has 1 aromatic carbocycles. The molecule has 2 amide bonds. The molecular formula is C25H39N5O3SSi. The fourth-order valence-electron chi connectivity index (χ4n) is 4.75. The number of amides is 2. The normalized spacial score (nSPS) is 20.5. The van der Waals surface area contributed by atoms with E-state index in [-0.39, 0.29) is 15.8 Å². The molecule has 1 fully saturated rings. The zero-order chi connectivity index (χ0) is 25.4. The highest BCUT2D eigenvalue weighted by molar-refractivity contribution is 7.97. The fourth-order valence-corrected chi connectivity index (χ4v) is 9.94. The molecule has 3 aliphatic rings. The molecule has 35 heavy (non-hydrogen) atoms. The number of aryl methyl sites for hydroxylation is 2. The molecule has 8 nitrogen and oxygen atoms in total. The summed E-state index contributed by atoms with van der Waals surface area (Å²) in [5, 5.41) is 14.1. The van der Waals surface area contributed by atoms with Gasteiger partial charge in [0.2, 0.25) is 5.88 Å². The van der Waals surface area contributed by atoms with Crippen LogP contribution < -0.4 is 15.4 Å². The van der Waals surface area contributed by atoms with Crippen LogP contribution in [0.1, 0.15) is 62.3 Å². The van der Waals surface area contributed by atoms with E-state index in [2.05, 4.69) is 42.2 Å². The third-order valence-electron chi connectivity index (χ3n) is 7.64. The molecule has 0 saturated carbocycles. The number of anilines is 1. The second-order valence-corrected chi connectivity index (χ2v) is 18.2. The summed E-state index contributed by atoms with van der Waals surface area (Å²) in [6.45, 7) is 11.4. The minimum atomic E-state index is -3.49. The Hall–Kier alpha value is -2.33. The van der Waals surface area contributed by atoms with E-state index >= 15 is 0 Å². The number of hydrogen-bond donors (Lipinski definition) is 4. The van der Waals surface area contributed by atoms with Gasteiger partial charge in [0.1, 0.15) is 4.91 Å². The zero-order valence-corrected chi connectivity index (χ0v) is 23.4. The quantitative estimate of drug-likeness (QED) is 0.325. The molecule has 4 N–H and O–H groups in total. The summed E-state index contributed by atoms with van der Waals surface area (Å²) < 4.78 is 27.8. The largest absolute Gasteiger partial charge is 0.478 e. The van der Waals surface area contributed by atoms with Crippen LogP contribution in [0.15, 0.2) is 20.9 Å². The number of carbonyl (C=O) groups is 1. The molecular weight excluding hydrogens is 478 g/mol. The second kappa shape index (κ2) is 9.61. The van der Waals surface area contributed by atoms with Crippen molar-refractivity contribution in [3.63, 3.8) is 0 Å². The first-order chi connectivity index (χ1) is 16.4. The Labute approximate surface area is 210 Å². The van der Waals surface area contributed by atoms with Crippen LogP contribution in [0.2, 0.25) is 18.1 Å². The number of nitrogens with one attached hydrogen (secondary N) is 4. The van der Waals surface area contributed by atoms with Crippen molar-refractivity contribution in [2.24, 2.45) is 4.03 Å². The molecule has 0 radical (unpaired) electrons. The zero-order valence-electron chi connectivity index (χ0n) is 21.6. The maximum Gasteiger partial charge on any atom is 0.331 e. The summed E-state index contributed by atoms with van der Waals surface area (Å²) in [6, 6.07) is 1.76. The van der Waals surface area contributed by atoms with Gasteiger partial charge in [-0.05, 0) is 85.3 Å². The lowest BCUT2D eigenvalue weighted by molar-refractivity contribution is 0.157. The molecule has 192 valence electrons. The Kier molecular flexibility index (Phi) is 7.07. The van der Waals surface area contributed by atoms with Gasteiger partial charge in [-0.15, -0.1) is 0 Å². The minimum Gasteiger partial charge on any atom is -0.478 e. The summed E-state index contributed by atoms with van der Waals surface area (Å²) in [6.07, 6.45) is 7.92. The van der Waals surface area contributed by atoms with Crippen molar-refractivity contribution in [3.05, 3.63) is 39.1 Å². The van der Waals surface area contributed by atoms with E-state index in [1.165, 1.54) is 22.3 Å². The summed E-state index contributed by atoms with van der Waals surface area (Å²) in [5.74, 6) is 0.264. The maximum atomic E-state index is 14.5. The SMILES string of the molecule is CC(C)(C)[Si](C)(C)N=S(=O)(NC(=O)Nc1c2c(cc3c1CCC3)CCC2)/C(C=N)=C1/NCCCO1. The van der Waals surface area contributed by atoms with E-state index in [0.29, 0.717) is 13.2 Å². The number of ether oxygens (including phenoxy) is 1. The molecule has 0 spiro atoms. The van der Waals surface area contributed by atoms with Crippen molar-refractivity contribution < 1.29 is 13.7 Å². The van der Waals surface area contributed by atoms with Crippen molar-refractivity contribution in [3.8, 4) is 0 Å².